The van der Waals surface area contributed by atoms with Crippen molar-refractivity contribution in [1.82, 2.24) is 10.2 Å². The van der Waals surface area contributed by atoms with Gasteiger partial charge in [-0.2, -0.15) is 11.8 Å². The van der Waals surface area contributed by atoms with Gasteiger partial charge in [-0.3, -0.25) is 19.3 Å². The largest absolute Gasteiger partial charge is 0.347 e. The zero-order valence-electron chi connectivity index (χ0n) is 13.3. The molecule has 2 aromatic carbocycles. The van der Waals surface area contributed by atoms with Crippen LogP contribution in [-0.4, -0.2) is 40.2 Å². The summed E-state index contributed by atoms with van der Waals surface area (Å²) in [4.78, 5) is 39.1. The minimum absolute atomic E-state index is 0.126. The third kappa shape index (κ3) is 2.72. The molecule has 2 aliphatic heterocycles. The predicted molar refractivity (Wildman–Crippen MR) is 95.4 cm³/mol. The Morgan fingerprint density at radius 3 is 2.08 bits per heavy atom. The molecule has 0 radical (unpaired) electrons. The van der Waals surface area contributed by atoms with Crippen LogP contribution in [0, 0.1) is 0 Å². The fourth-order valence-corrected chi connectivity index (χ4v) is 4.40. The van der Waals surface area contributed by atoms with Gasteiger partial charge in [0.1, 0.15) is 6.04 Å². The Kier molecular flexibility index (Phi) is 4.05. The maximum atomic E-state index is 12.8. The average Bonchev–Trinajstić information content (AvgIpc) is 2.78. The topological polar surface area (TPSA) is 66.5 Å². The number of rotatable bonds is 2. The van der Waals surface area contributed by atoms with Gasteiger partial charge in [-0.25, -0.2) is 0 Å². The van der Waals surface area contributed by atoms with Crippen molar-refractivity contribution in [2.45, 2.75) is 12.1 Å². The van der Waals surface area contributed by atoms with Crippen molar-refractivity contribution in [3.8, 4) is 0 Å². The van der Waals surface area contributed by atoms with Gasteiger partial charge in [-0.1, -0.05) is 42.5 Å². The van der Waals surface area contributed by atoms with E-state index in [1.54, 1.807) is 36.0 Å². The minimum Gasteiger partial charge on any atom is -0.347 e. The third-order valence-corrected chi connectivity index (χ3v) is 5.64. The maximum Gasteiger partial charge on any atom is 0.262 e. The summed E-state index contributed by atoms with van der Waals surface area (Å²) >= 11 is 1.57. The number of hydrogen-bond acceptors (Lipinski definition) is 4. The highest BCUT2D eigenvalue weighted by Crippen LogP contribution is 2.29. The number of thioether (sulfide) groups is 1. The normalized spacial score (nSPS) is 23.2. The number of nitrogens with one attached hydrogen (secondary N) is 1. The lowest BCUT2D eigenvalue weighted by molar-refractivity contribution is -0.124. The van der Waals surface area contributed by atoms with Crippen LogP contribution in [0.5, 0.6) is 0 Å². The second-order valence-corrected chi connectivity index (χ2v) is 7.13. The van der Waals surface area contributed by atoms with E-state index in [2.05, 4.69) is 5.32 Å². The molecule has 5 nitrogen and oxygen atoms in total. The quantitative estimate of drug-likeness (QED) is 0.842. The second kappa shape index (κ2) is 6.37. The molecule has 25 heavy (non-hydrogen) atoms. The molecular weight excluding hydrogens is 336 g/mol. The predicted octanol–water partition coefficient (Wildman–Crippen LogP) is 2.26. The Bertz CT molecular complexity index is 818. The van der Waals surface area contributed by atoms with Gasteiger partial charge in [0.2, 0.25) is 5.91 Å². The molecule has 1 N–H and O–H groups in total. The molecule has 0 saturated carbocycles. The number of fused-ring (bicyclic) bond motifs is 1. The Morgan fingerprint density at radius 2 is 1.44 bits per heavy atom. The smallest absolute Gasteiger partial charge is 0.262 e. The summed E-state index contributed by atoms with van der Waals surface area (Å²) in [5.41, 5.74) is 1.76. The third-order valence-electron chi connectivity index (χ3n) is 4.52. The average molecular weight is 352 g/mol. The zero-order chi connectivity index (χ0) is 17.4. The molecule has 6 heteroatoms. The molecule has 1 saturated heterocycles. The van der Waals surface area contributed by atoms with Gasteiger partial charge in [-0.15, -0.1) is 0 Å². The summed E-state index contributed by atoms with van der Waals surface area (Å²) in [5.74, 6) is 0.0446. The molecule has 0 unspecified atom stereocenters. The molecule has 126 valence electrons. The summed E-state index contributed by atoms with van der Waals surface area (Å²) in [6.07, 6.45) is 0. The molecule has 3 amide bonds. The van der Waals surface area contributed by atoms with Gasteiger partial charge >= 0.3 is 0 Å². The van der Waals surface area contributed by atoms with E-state index in [1.807, 2.05) is 30.3 Å². The van der Waals surface area contributed by atoms with E-state index in [1.165, 1.54) is 0 Å². The highest BCUT2D eigenvalue weighted by atomic mass is 32.2. The molecule has 0 spiro atoms. The van der Waals surface area contributed by atoms with Gasteiger partial charge in [0.05, 0.1) is 17.2 Å². The molecule has 2 atom stereocenters. The van der Waals surface area contributed by atoms with Crippen LogP contribution in [0.3, 0.4) is 0 Å². The highest BCUT2D eigenvalue weighted by Gasteiger charge is 2.43. The van der Waals surface area contributed by atoms with Crippen molar-refractivity contribution >= 4 is 29.5 Å². The van der Waals surface area contributed by atoms with Gasteiger partial charge in [0, 0.05) is 11.5 Å². The van der Waals surface area contributed by atoms with Crippen LogP contribution in [0.25, 0.3) is 0 Å². The van der Waals surface area contributed by atoms with Gasteiger partial charge in [0.15, 0.2) is 0 Å². The first-order valence-electron chi connectivity index (χ1n) is 8.07. The minimum atomic E-state index is -0.786. The Labute approximate surface area is 149 Å². The van der Waals surface area contributed by atoms with Crippen LogP contribution in [0.15, 0.2) is 54.6 Å². The molecule has 0 aromatic heterocycles. The van der Waals surface area contributed by atoms with E-state index in [9.17, 15) is 14.4 Å². The van der Waals surface area contributed by atoms with Crippen LogP contribution in [-0.2, 0) is 4.79 Å². The molecule has 4 rings (SSSR count). The number of carbonyl (C=O) groups excluding carboxylic acids is 3. The van der Waals surface area contributed by atoms with Crippen LogP contribution in [0.2, 0.25) is 0 Å². The first-order valence-corrected chi connectivity index (χ1v) is 9.22. The summed E-state index contributed by atoms with van der Waals surface area (Å²) < 4.78 is 0. The SMILES string of the molecule is O=C1N[C@H](c2ccccc2)CSC[C@@H]1N1C(=O)c2ccccc2C1=O. The summed E-state index contributed by atoms with van der Waals surface area (Å²) in [6.45, 7) is 0. The van der Waals surface area contributed by atoms with E-state index in [0.29, 0.717) is 22.6 Å². The maximum absolute atomic E-state index is 12.8. The van der Waals surface area contributed by atoms with E-state index in [4.69, 9.17) is 0 Å². The van der Waals surface area contributed by atoms with Crippen molar-refractivity contribution in [3.05, 3.63) is 71.3 Å². The molecule has 0 bridgehead atoms. The van der Waals surface area contributed by atoms with Crippen molar-refractivity contribution in [2.75, 3.05) is 11.5 Å². The van der Waals surface area contributed by atoms with E-state index in [0.717, 1.165) is 10.5 Å². The number of nitrogens with zero attached hydrogens (tertiary/aromatic N) is 1. The first-order chi connectivity index (χ1) is 12.2. The van der Waals surface area contributed by atoms with E-state index >= 15 is 0 Å². The van der Waals surface area contributed by atoms with Crippen LogP contribution in [0.4, 0.5) is 0 Å². The van der Waals surface area contributed by atoms with E-state index in [-0.39, 0.29) is 23.8 Å². The fourth-order valence-electron chi connectivity index (χ4n) is 3.23. The summed E-state index contributed by atoms with van der Waals surface area (Å²) in [5, 5.41) is 2.98. The molecule has 1 fully saturated rings. The van der Waals surface area contributed by atoms with Crippen molar-refractivity contribution in [1.29, 1.82) is 0 Å². The second-order valence-electron chi connectivity index (χ2n) is 6.05. The summed E-state index contributed by atoms with van der Waals surface area (Å²) in [7, 11) is 0. The Morgan fingerprint density at radius 1 is 0.840 bits per heavy atom. The lowest BCUT2D eigenvalue weighted by atomic mass is 10.1. The molecule has 2 heterocycles. The van der Waals surface area contributed by atoms with Crippen molar-refractivity contribution in [2.24, 2.45) is 0 Å². The first kappa shape index (κ1) is 15.9. The molecule has 2 aliphatic rings. The Hall–Kier alpha value is -2.60. The van der Waals surface area contributed by atoms with Gasteiger partial charge < -0.3 is 5.32 Å². The Balaban J connectivity index is 1.59. The van der Waals surface area contributed by atoms with E-state index < -0.39 is 6.04 Å². The number of carbonyl (C=O) groups is 3. The molecule has 0 aliphatic carbocycles. The summed E-state index contributed by atoms with van der Waals surface area (Å²) in [6, 6.07) is 15.5. The number of hydrogen-bond donors (Lipinski definition) is 1. The molecule has 2 aromatic rings. The van der Waals surface area contributed by atoms with Crippen LogP contribution >= 0.6 is 11.8 Å². The van der Waals surface area contributed by atoms with Crippen molar-refractivity contribution < 1.29 is 14.4 Å². The fraction of sp³-hybridized carbons (Fsp3) is 0.211. The molecular formula is C19H16N2O3S. The number of benzene rings is 2. The lowest BCUT2D eigenvalue weighted by Gasteiger charge is -2.23. The highest BCUT2D eigenvalue weighted by molar-refractivity contribution is 7.99. The van der Waals surface area contributed by atoms with Gasteiger partial charge in [0.25, 0.3) is 11.8 Å². The number of amides is 3. The monoisotopic (exact) mass is 352 g/mol. The standard InChI is InChI=1S/C19H16N2O3S/c22-17-16(11-25-10-15(20-17)12-6-2-1-3-7-12)21-18(23)13-8-4-5-9-14(13)19(21)24/h1-9,15-16H,10-11H2,(H,20,22)/t15-,16-/m0/s1. The van der Waals surface area contributed by atoms with Gasteiger partial charge in [-0.05, 0) is 17.7 Å². The van der Waals surface area contributed by atoms with Crippen LogP contribution < -0.4 is 5.32 Å². The van der Waals surface area contributed by atoms with Crippen molar-refractivity contribution in [3.63, 3.8) is 0 Å². The lowest BCUT2D eigenvalue weighted by Crippen LogP contribution is -2.50. The number of imide groups is 1. The van der Waals surface area contributed by atoms with Crippen LogP contribution in [0.1, 0.15) is 32.3 Å². The zero-order valence-corrected chi connectivity index (χ0v) is 14.2.